The van der Waals surface area contributed by atoms with Gasteiger partial charge in [0, 0.05) is 19.0 Å². The number of hydrogen-bond donors (Lipinski definition) is 1. The van der Waals surface area contributed by atoms with Gasteiger partial charge in [0.1, 0.15) is 4.21 Å². The van der Waals surface area contributed by atoms with Crippen LogP contribution in [0.3, 0.4) is 0 Å². The van der Waals surface area contributed by atoms with Crippen molar-refractivity contribution in [1.29, 1.82) is 0 Å². The third-order valence-corrected chi connectivity index (χ3v) is 9.51. The van der Waals surface area contributed by atoms with Crippen molar-refractivity contribution in [2.45, 2.75) is 35.9 Å². The number of carbonyl (C=O) groups is 1. The van der Waals surface area contributed by atoms with Gasteiger partial charge in [-0.1, -0.05) is 30.3 Å². The highest BCUT2D eigenvalue weighted by molar-refractivity contribution is 9.11. The summed E-state index contributed by atoms with van der Waals surface area (Å²) >= 11 is 4.54. The monoisotopic (exact) mass is 482 g/mol. The second-order valence-corrected chi connectivity index (χ2v) is 12.1. The predicted molar refractivity (Wildman–Crippen MR) is 114 cm³/mol. The van der Waals surface area contributed by atoms with Crippen LogP contribution in [0, 0.1) is 11.8 Å². The molecule has 150 valence electrons. The van der Waals surface area contributed by atoms with Gasteiger partial charge in [0.25, 0.3) is 10.0 Å². The number of thiophene rings is 1. The minimum atomic E-state index is -3.47. The first-order valence-corrected chi connectivity index (χ1v) is 12.6. The van der Waals surface area contributed by atoms with Crippen LogP contribution in [-0.2, 0) is 14.8 Å². The molecule has 1 aromatic heterocycles. The first kappa shape index (κ1) is 20.1. The number of carbonyl (C=O) groups excluding carboxylic acids is 1. The maximum absolute atomic E-state index is 12.9. The van der Waals surface area contributed by atoms with Crippen LogP contribution >= 0.6 is 27.3 Å². The molecule has 0 spiro atoms. The Kier molecular flexibility index (Phi) is 5.92. The van der Waals surface area contributed by atoms with Gasteiger partial charge < -0.3 is 5.32 Å². The molecule has 4 rings (SSSR count). The summed E-state index contributed by atoms with van der Waals surface area (Å²) in [5.41, 5.74) is 1.15. The molecule has 2 fully saturated rings. The molecule has 0 radical (unpaired) electrons. The first-order chi connectivity index (χ1) is 13.4. The molecule has 1 aromatic carbocycles. The average Bonchev–Trinajstić information content (AvgIpc) is 3.46. The lowest BCUT2D eigenvalue weighted by Gasteiger charge is -2.31. The number of halogens is 1. The number of benzene rings is 1. The molecule has 1 N–H and O–H groups in total. The van der Waals surface area contributed by atoms with Crippen LogP contribution in [0.25, 0.3) is 0 Å². The molecular weight excluding hydrogens is 460 g/mol. The fourth-order valence-electron chi connectivity index (χ4n) is 3.76. The fourth-order valence-corrected chi connectivity index (χ4v) is 7.39. The molecule has 2 heterocycles. The molecule has 28 heavy (non-hydrogen) atoms. The Bertz CT molecular complexity index is 933. The smallest absolute Gasteiger partial charge is 0.252 e. The summed E-state index contributed by atoms with van der Waals surface area (Å²) in [6, 6.07) is 13.6. The molecule has 2 aliphatic rings. The van der Waals surface area contributed by atoms with Crippen LogP contribution in [0.4, 0.5) is 0 Å². The van der Waals surface area contributed by atoms with E-state index in [2.05, 4.69) is 33.4 Å². The van der Waals surface area contributed by atoms with E-state index in [9.17, 15) is 13.2 Å². The third kappa shape index (κ3) is 4.35. The van der Waals surface area contributed by atoms with Gasteiger partial charge in [-0.2, -0.15) is 4.31 Å². The van der Waals surface area contributed by atoms with E-state index in [-0.39, 0.29) is 17.9 Å². The molecule has 2 aromatic rings. The summed E-state index contributed by atoms with van der Waals surface area (Å²) in [7, 11) is -3.47. The van der Waals surface area contributed by atoms with Crippen molar-refractivity contribution in [2.24, 2.45) is 11.8 Å². The summed E-state index contributed by atoms with van der Waals surface area (Å²) in [6.07, 6.45) is 3.41. The number of piperidine rings is 1. The van der Waals surface area contributed by atoms with Gasteiger partial charge in [0.05, 0.1) is 9.83 Å². The van der Waals surface area contributed by atoms with Gasteiger partial charge in [-0.3, -0.25) is 4.79 Å². The fraction of sp³-hybridized carbons (Fsp3) is 0.450. The minimum absolute atomic E-state index is 0.0525. The highest BCUT2D eigenvalue weighted by atomic mass is 79.9. The molecule has 1 aliphatic carbocycles. The first-order valence-electron chi connectivity index (χ1n) is 9.56. The van der Waals surface area contributed by atoms with Crippen molar-refractivity contribution in [2.75, 3.05) is 13.1 Å². The quantitative estimate of drug-likeness (QED) is 0.671. The van der Waals surface area contributed by atoms with Crippen molar-refractivity contribution >= 4 is 43.2 Å². The van der Waals surface area contributed by atoms with Crippen molar-refractivity contribution in [3.05, 3.63) is 51.8 Å². The zero-order chi connectivity index (χ0) is 19.7. The Balaban J connectivity index is 1.37. The lowest BCUT2D eigenvalue weighted by atomic mass is 9.95. The van der Waals surface area contributed by atoms with Gasteiger partial charge in [-0.15, -0.1) is 11.3 Å². The minimum Gasteiger partial charge on any atom is -0.349 e. The molecule has 0 bridgehead atoms. The highest BCUT2D eigenvalue weighted by Gasteiger charge is 2.37. The van der Waals surface area contributed by atoms with E-state index in [1.165, 1.54) is 15.6 Å². The SMILES string of the molecule is O=C(NC(c1ccccc1)C1CC1)C1CCN(S(=O)(=O)c2ccc(Br)s2)CC1. The van der Waals surface area contributed by atoms with E-state index in [0.717, 1.165) is 22.2 Å². The van der Waals surface area contributed by atoms with Crippen LogP contribution in [-0.4, -0.2) is 31.7 Å². The van der Waals surface area contributed by atoms with Crippen molar-refractivity contribution in [1.82, 2.24) is 9.62 Å². The van der Waals surface area contributed by atoms with Gasteiger partial charge >= 0.3 is 0 Å². The molecule has 1 unspecified atom stereocenters. The number of hydrogen-bond acceptors (Lipinski definition) is 4. The lowest BCUT2D eigenvalue weighted by molar-refractivity contribution is -0.127. The normalized spacial score (nSPS) is 20.0. The Morgan fingerprint density at radius 1 is 1.07 bits per heavy atom. The summed E-state index contributed by atoms with van der Waals surface area (Å²) in [6.45, 7) is 0.769. The molecule has 1 amide bonds. The van der Waals surface area contributed by atoms with E-state index in [4.69, 9.17) is 0 Å². The third-order valence-electron chi connectivity index (χ3n) is 5.52. The molecular formula is C20H23BrN2O3S2. The van der Waals surface area contributed by atoms with E-state index in [0.29, 0.717) is 36.1 Å². The van der Waals surface area contributed by atoms with Gasteiger partial charge in [-0.05, 0) is 65.2 Å². The summed E-state index contributed by atoms with van der Waals surface area (Å²) < 4.78 is 28.2. The van der Waals surface area contributed by atoms with E-state index >= 15 is 0 Å². The standard InChI is InChI=1S/C20H23BrN2O3S2/c21-17-8-9-18(27-17)28(25,26)23-12-10-16(11-13-23)20(24)22-19(15-6-7-15)14-4-2-1-3-5-14/h1-5,8-9,15-16,19H,6-7,10-13H2,(H,22,24). The molecule has 1 aliphatic heterocycles. The van der Waals surface area contributed by atoms with Crippen molar-refractivity contribution < 1.29 is 13.2 Å². The maximum Gasteiger partial charge on any atom is 0.252 e. The Morgan fingerprint density at radius 2 is 1.75 bits per heavy atom. The van der Waals surface area contributed by atoms with Gasteiger partial charge in [-0.25, -0.2) is 8.42 Å². The van der Waals surface area contributed by atoms with Crippen LogP contribution in [0.15, 0.2) is 50.5 Å². The predicted octanol–water partition coefficient (Wildman–Crippen LogP) is 4.18. The number of sulfonamides is 1. The van der Waals surface area contributed by atoms with Crippen LogP contribution < -0.4 is 5.32 Å². The largest absolute Gasteiger partial charge is 0.349 e. The molecule has 8 heteroatoms. The van der Waals surface area contributed by atoms with Gasteiger partial charge in [0.15, 0.2) is 0 Å². The molecule has 1 saturated heterocycles. The number of nitrogens with zero attached hydrogens (tertiary/aromatic N) is 1. The number of nitrogens with one attached hydrogen (secondary N) is 1. The Morgan fingerprint density at radius 3 is 2.32 bits per heavy atom. The lowest BCUT2D eigenvalue weighted by Crippen LogP contribution is -2.43. The van der Waals surface area contributed by atoms with Crippen LogP contribution in [0.2, 0.25) is 0 Å². The Hall–Kier alpha value is -1.22. The van der Waals surface area contributed by atoms with Gasteiger partial charge in [0.2, 0.25) is 5.91 Å². The number of rotatable bonds is 6. The second-order valence-electron chi connectivity index (χ2n) is 7.47. The summed E-state index contributed by atoms with van der Waals surface area (Å²) in [5, 5.41) is 3.24. The van der Waals surface area contributed by atoms with Crippen molar-refractivity contribution in [3.63, 3.8) is 0 Å². The summed E-state index contributed by atoms with van der Waals surface area (Å²) in [4.78, 5) is 12.9. The van der Waals surface area contributed by atoms with E-state index in [1.54, 1.807) is 12.1 Å². The van der Waals surface area contributed by atoms with E-state index < -0.39 is 10.0 Å². The molecule has 1 atom stereocenters. The average molecular weight is 483 g/mol. The Labute approximate surface area is 178 Å². The zero-order valence-corrected chi connectivity index (χ0v) is 18.6. The highest BCUT2D eigenvalue weighted by Crippen LogP contribution is 2.41. The van der Waals surface area contributed by atoms with Crippen LogP contribution in [0.5, 0.6) is 0 Å². The van der Waals surface area contributed by atoms with E-state index in [1.807, 2.05) is 18.2 Å². The topological polar surface area (TPSA) is 66.5 Å². The molecule has 5 nitrogen and oxygen atoms in total. The maximum atomic E-state index is 12.9. The zero-order valence-electron chi connectivity index (χ0n) is 15.4. The second kappa shape index (κ2) is 8.26. The summed E-state index contributed by atoms with van der Waals surface area (Å²) in [5.74, 6) is 0.437. The molecule has 1 saturated carbocycles. The number of amides is 1. The van der Waals surface area contributed by atoms with Crippen LogP contribution in [0.1, 0.15) is 37.3 Å². The van der Waals surface area contributed by atoms with Crippen molar-refractivity contribution in [3.8, 4) is 0 Å².